The number of nitrogens with zero attached hydrogens (tertiary/aromatic N) is 2. The molecule has 0 bridgehead atoms. The summed E-state index contributed by atoms with van der Waals surface area (Å²) < 4.78 is 5.75. The number of halogens is 1. The Kier molecular flexibility index (Phi) is 4.12. The fourth-order valence-electron chi connectivity index (χ4n) is 2.14. The van der Waals surface area contributed by atoms with Gasteiger partial charge in [0.1, 0.15) is 0 Å². The molecule has 82 valence electrons. The van der Waals surface area contributed by atoms with E-state index in [1.54, 1.807) is 0 Å². The molecule has 0 aliphatic rings. The molecule has 0 aliphatic carbocycles. The molecule has 1 aromatic heterocycles. The van der Waals surface area contributed by atoms with Crippen molar-refractivity contribution >= 4 is 71.3 Å². The van der Waals surface area contributed by atoms with Gasteiger partial charge in [0.2, 0.25) is 0 Å². The zero-order chi connectivity index (χ0) is 12.7. The molecule has 0 amide bonds. The van der Waals surface area contributed by atoms with Crippen LogP contribution in [0.15, 0.2) is 42.5 Å². The first-order chi connectivity index (χ1) is 8.66. The molecule has 6 heteroatoms. The number of para-hydroxylation sites is 1. The van der Waals surface area contributed by atoms with Crippen LogP contribution in [0.5, 0.6) is 0 Å². The Morgan fingerprint density at radius 2 is 1.67 bits per heavy atom. The number of fused-ring (bicyclic) bond motifs is 3. The van der Waals surface area contributed by atoms with Crippen LogP contribution in [-0.4, -0.2) is 54.2 Å². The summed E-state index contributed by atoms with van der Waals surface area (Å²) in [6, 6.07) is 15.3. The van der Waals surface area contributed by atoms with Crippen LogP contribution in [-0.2, 0) is 0 Å². The van der Waals surface area contributed by atoms with Crippen LogP contribution in [0.4, 0.5) is 0 Å². The molecule has 3 aromatic rings. The normalized spacial score (nSPS) is 11.8. The van der Waals surface area contributed by atoms with E-state index >= 15 is 0 Å². The summed E-state index contributed by atoms with van der Waals surface area (Å²) in [6.07, 6.45) is 0. The molecule has 0 atom stereocenters. The van der Waals surface area contributed by atoms with Crippen LogP contribution in [0.2, 0.25) is 0 Å². The zero-order valence-corrected chi connectivity index (χ0v) is 15.2. The van der Waals surface area contributed by atoms with Gasteiger partial charge in [-0.2, -0.15) is 0 Å². The predicted molar refractivity (Wildman–Crippen MR) is 72.6 cm³/mol. The number of benzene rings is 2. The molecule has 0 aliphatic heterocycles. The summed E-state index contributed by atoms with van der Waals surface area (Å²) >= 11 is 8.12. The minimum atomic E-state index is -0.112. The maximum absolute atomic E-state index is 2.80. The van der Waals surface area contributed by atoms with Crippen molar-refractivity contribution in [2.45, 2.75) is 0 Å². The molecule has 0 spiro atoms. The van der Waals surface area contributed by atoms with Gasteiger partial charge in [-0.25, -0.2) is 0 Å². The minimum absolute atomic E-state index is 0.112. The Morgan fingerprint density at radius 1 is 0.944 bits per heavy atom. The van der Waals surface area contributed by atoms with Gasteiger partial charge in [-0.15, -0.1) is 0 Å². The number of hydrogen-bond donors (Lipinski definition) is 0. The maximum atomic E-state index is 2.80. The molecule has 2 aromatic carbocycles. The second-order valence-electron chi connectivity index (χ2n) is 3.98. The van der Waals surface area contributed by atoms with Gasteiger partial charge in [-0.05, 0) is 0 Å². The van der Waals surface area contributed by atoms with E-state index in [1.807, 2.05) is 0 Å². The average molecular weight is 387 g/mol. The molecule has 18 heavy (non-hydrogen) atoms. The quantitative estimate of drug-likeness (QED) is 0.291. The van der Waals surface area contributed by atoms with Crippen molar-refractivity contribution in [3.05, 3.63) is 46.0 Å². The van der Waals surface area contributed by atoms with E-state index in [9.17, 15) is 0 Å². The summed E-state index contributed by atoms with van der Waals surface area (Å²) in [6.45, 7) is 0. The van der Waals surface area contributed by atoms with Crippen molar-refractivity contribution in [3.63, 3.8) is 0 Å². The van der Waals surface area contributed by atoms with Crippen LogP contribution in [0.1, 0.15) is 0 Å². The monoisotopic (exact) mass is 387 g/mol. The van der Waals surface area contributed by atoms with Crippen molar-refractivity contribution in [2.75, 3.05) is 0 Å². The Balaban J connectivity index is 2.29. The molecule has 1 heterocycles. The third-order valence-corrected chi connectivity index (χ3v) is 6.52. The van der Waals surface area contributed by atoms with E-state index in [4.69, 9.17) is 0 Å². The first-order valence-corrected chi connectivity index (χ1v) is 8.99. The average Bonchev–Trinajstić information content (AvgIpc) is 2.63. The Hall–Kier alpha value is 0.527. The third-order valence-electron chi connectivity index (χ3n) is 2.87. The Labute approximate surface area is 142 Å². The molecule has 0 N–H and O–H groups in total. The van der Waals surface area contributed by atoms with Crippen LogP contribution in [0.3, 0.4) is 0 Å². The van der Waals surface area contributed by atoms with Gasteiger partial charge in [0.15, 0.2) is 0 Å². The van der Waals surface area contributed by atoms with E-state index in [2.05, 4.69) is 96.6 Å². The van der Waals surface area contributed by atoms with E-state index in [0.29, 0.717) is 0 Å². The van der Waals surface area contributed by atoms with Crippen molar-refractivity contribution in [1.29, 1.82) is 0 Å². The van der Waals surface area contributed by atoms with Gasteiger partial charge >= 0.3 is 143 Å². The van der Waals surface area contributed by atoms with Gasteiger partial charge in [0.25, 0.3) is 0 Å². The van der Waals surface area contributed by atoms with E-state index in [-0.39, 0.29) is 21.5 Å². The predicted octanol–water partition coefficient (Wildman–Crippen LogP) is -1.63. The van der Waals surface area contributed by atoms with Gasteiger partial charge < -0.3 is 0 Å². The first kappa shape index (κ1) is 13.5. The van der Waals surface area contributed by atoms with Crippen LogP contribution in [0, 0.1) is 3.57 Å². The topological polar surface area (TPSA) is 8.17 Å². The van der Waals surface area contributed by atoms with Gasteiger partial charge in [-0.1, -0.05) is 0 Å². The summed E-state index contributed by atoms with van der Waals surface area (Å²) in [7, 11) is 0. The van der Waals surface area contributed by atoms with Crippen molar-refractivity contribution in [3.8, 4) is 0 Å². The van der Waals surface area contributed by atoms with Crippen molar-refractivity contribution in [2.24, 2.45) is 0 Å². The second kappa shape index (κ2) is 5.49. The van der Waals surface area contributed by atoms with Crippen LogP contribution in [0.25, 0.3) is 21.8 Å². The van der Waals surface area contributed by atoms with Crippen molar-refractivity contribution < 1.29 is 21.5 Å². The number of hydrogen-bond acceptors (Lipinski definition) is 1. The summed E-state index contributed by atoms with van der Waals surface area (Å²) in [4.78, 5) is 0. The van der Waals surface area contributed by atoms with Gasteiger partial charge in [0, 0.05) is 0 Å². The Bertz CT molecular complexity index is 724. The van der Waals surface area contributed by atoms with E-state index in [1.165, 1.54) is 25.4 Å². The summed E-state index contributed by atoms with van der Waals surface area (Å²) in [5.74, 6) is 0. The molecule has 0 saturated heterocycles. The Morgan fingerprint density at radius 3 is 2.44 bits per heavy atom. The van der Waals surface area contributed by atoms with Crippen LogP contribution >= 0.6 is 0 Å². The fourth-order valence-corrected chi connectivity index (χ4v) is 5.54. The zero-order valence-electron chi connectivity index (χ0n) is 9.55. The summed E-state index contributed by atoms with van der Waals surface area (Å²) in [5, 5.41) is 2.67. The molecule has 0 saturated carbocycles. The first-order valence-electron chi connectivity index (χ1n) is 5.40. The molecule has 6 radical (unpaired) electrons. The number of rotatable bonds is 2. The fraction of sp³-hybridized carbons (Fsp3) is 0. The van der Waals surface area contributed by atoms with Crippen molar-refractivity contribution in [1.82, 2.24) is 4.63 Å². The molecule has 0 unspecified atom stereocenters. The molecule has 3 rings (SSSR count). The van der Waals surface area contributed by atoms with E-state index < -0.39 is 0 Å². The van der Waals surface area contributed by atoms with Crippen LogP contribution < -0.4 is 21.5 Å². The molecular formula is C12H7Al3IN2-. The number of aromatic nitrogens is 1. The third kappa shape index (κ3) is 2.43. The molecule has 0 fully saturated rings. The van der Waals surface area contributed by atoms with Gasteiger partial charge in [-0.3, -0.25) is 0 Å². The SMILES string of the molecule is [Al][N]([Al])[I-]c1ccc2c(c1)c1ccccc1[n]2[Al]. The van der Waals surface area contributed by atoms with E-state index in [0.717, 1.165) is 0 Å². The second-order valence-corrected chi connectivity index (χ2v) is 11.1. The standard InChI is InChI=1S/C12H7IN2.3Al/c14-13-8-5-6-12-10(7-8)9-3-1-2-4-11(9)15-12;;;/h1-7H;;;/q-2;;;+1. The van der Waals surface area contributed by atoms with Gasteiger partial charge in [0.05, 0.1) is 0 Å². The molecular weight excluding hydrogens is 380 g/mol. The summed E-state index contributed by atoms with van der Waals surface area (Å²) in [5.41, 5.74) is 2.54. The molecule has 2 nitrogen and oxygen atoms in total.